The monoisotopic (exact) mass is 455 g/mol. The number of carboxylic acids is 1. The molecule has 32 heavy (non-hydrogen) atoms. The number of imidazole rings is 1. The average Bonchev–Trinajstić information content (AvgIpc) is 3.23. The van der Waals surface area contributed by atoms with E-state index in [-0.39, 0.29) is 12.8 Å². The van der Waals surface area contributed by atoms with Crippen molar-refractivity contribution in [1.29, 1.82) is 0 Å². The van der Waals surface area contributed by atoms with Crippen LogP contribution in [0.4, 0.5) is 0 Å². The number of H-pyrrole nitrogens is 1. The first-order valence-electron chi connectivity index (χ1n) is 10.3. The Morgan fingerprint density at radius 3 is 2.22 bits per heavy atom. The summed E-state index contributed by atoms with van der Waals surface area (Å²) in [5, 5.41) is 26.6. The van der Waals surface area contributed by atoms with Crippen molar-refractivity contribution in [3.8, 4) is 0 Å². The highest BCUT2D eigenvalue weighted by Gasteiger charge is 2.32. The Hall–Kier alpha value is -3.03. The number of aliphatic carboxylic acids is 1. The molecular weight excluding hydrogens is 422 g/mol. The molecule has 0 aliphatic carbocycles. The predicted molar refractivity (Wildman–Crippen MR) is 114 cm³/mol. The van der Waals surface area contributed by atoms with E-state index >= 15 is 0 Å². The van der Waals surface area contributed by atoms with E-state index < -0.39 is 54.0 Å². The molecule has 13 heteroatoms. The zero-order valence-electron chi connectivity index (χ0n) is 18.2. The molecule has 1 aromatic rings. The number of rotatable bonds is 14. The number of hydrogen-bond acceptors (Lipinski definition) is 8. The zero-order chi connectivity index (χ0) is 24.3. The van der Waals surface area contributed by atoms with Crippen LogP contribution < -0.4 is 27.4 Å². The van der Waals surface area contributed by atoms with Gasteiger partial charge in [0.25, 0.3) is 0 Å². The molecule has 3 amide bonds. The second-order valence-corrected chi connectivity index (χ2v) is 7.54. The minimum Gasteiger partial charge on any atom is -0.480 e. The number of hydrogen-bond donors (Lipinski definition) is 8. The molecule has 0 fully saturated rings. The van der Waals surface area contributed by atoms with Crippen molar-refractivity contribution >= 4 is 23.7 Å². The number of carbonyl (C=O) groups is 4. The smallest absolute Gasteiger partial charge is 0.326 e. The van der Waals surface area contributed by atoms with Crippen LogP contribution in [-0.4, -0.2) is 80.7 Å². The van der Waals surface area contributed by atoms with Gasteiger partial charge < -0.3 is 42.6 Å². The molecule has 0 saturated heterocycles. The second-order valence-electron chi connectivity index (χ2n) is 7.54. The largest absolute Gasteiger partial charge is 0.480 e. The van der Waals surface area contributed by atoms with Crippen molar-refractivity contribution in [2.75, 3.05) is 6.54 Å². The summed E-state index contributed by atoms with van der Waals surface area (Å²) in [4.78, 5) is 55.7. The number of carbonyl (C=O) groups excluding carboxylic acids is 3. The highest BCUT2D eigenvalue weighted by molar-refractivity contribution is 5.94. The molecule has 0 aliphatic rings. The Morgan fingerprint density at radius 1 is 1.06 bits per heavy atom. The van der Waals surface area contributed by atoms with Crippen molar-refractivity contribution in [2.24, 2.45) is 11.5 Å². The predicted octanol–water partition coefficient (Wildman–Crippen LogP) is -2.65. The normalized spacial score (nSPS) is 15.7. The minimum atomic E-state index is -1.37. The van der Waals surface area contributed by atoms with Crippen LogP contribution in [0.15, 0.2) is 12.5 Å². The lowest BCUT2D eigenvalue weighted by Gasteiger charge is -2.26. The number of nitrogens with one attached hydrogen (secondary N) is 4. The first-order valence-corrected chi connectivity index (χ1v) is 10.3. The summed E-state index contributed by atoms with van der Waals surface area (Å²) < 4.78 is 0. The third-order valence-corrected chi connectivity index (χ3v) is 4.65. The van der Waals surface area contributed by atoms with Gasteiger partial charge >= 0.3 is 5.97 Å². The molecule has 1 rings (SSSR count). The number of nitrogens with zero attached hydrogens (tertiary/aromatic N) is 1. The maximum absolute atomic E-state index is 12.9. The average molecular weight is 456 g/mol. The number of aliphatic hydroxyl groups is 1. The van der Waals surface area contributed by atoms with Gasteiger partial charge in [-0.15, -0.1) is 0 Å². The number of aromatic nitrogens is 2. The van der Waals surface area contributed by atoms with E-state index in [4.69, 9.17) is 11.5 Å². The molecule has 5 atom stereocenters. The third-order valence-electron chi connectivity index (χ3n) is 4.65. The number of aromatic amines is 1. The van der Waals surface area contributed by atoms with E-state index in [1.54, 1.807) is 0 Å². The van der Waals surface area contributed by atoms with Crippen LogP contribution in [0.5, 0.6) is 0 Å². The third kappa shape index (κ3) is 8.99. The van der Waals surface area contributed by atoms with Crippen molar-refractivity contribution in [3.05, 3.63) is 18.2 Å². The van der Waals surface area contributed by atoms with Gasteiger partial charge in [-0.2, -0.15) is 0 Å². The molecule has 180 valence electrons. The van der Waals surface area contributed by atoms with Gasteiger partial charge in [0.05, 0.1) is 18.5 Å². The van der Waals surface area contributed by atoms with Crippen LogP contribution in [-0.2, 0) is 25.6 Å². The molecule has 0 radical (unpaired) electrons. The van der Waals surface area contributed by atoms with Crippen molar-refractivity contribution in [3.63, 3.8) is 0 Å². The summed E-state index contributed by atoms with van der Waals surface area (Å²) in [6.07, 6.45) is 2.80. The molecule has 0 saturated carbocycles. The summed E-state index contributed by atoms with van der Waals surface area (Å²) >= 11 is 0. The van der Waals surface area contributed by atoms with E-state index in [1.807, 2.05) is 0 Å². The van der Waals surface area contributed by atoms with Crippen LogP contribution in [0.2, 0.25) is 0 Å². The highest BCUT2D eigenvalue weighted by atomic mass is 16.4. The molecule has 5 unspecified atom stereocenters. The number of nitrogens with two attached hydrogens (primary N) is 2. The van der Waals surface area contributed by atoms with Crippen LogP contribution in [0.1, 0.15) is 38.8 Å². The fraction of sp³-hybridized carbons (Fsp3) is 0.632. The van der Waals surface area contributed by atoms with Gasteiger partial charge in [-0.1, -0.05) is 0 Å². The molecule has 0 spiro atoms. The molecule has 13 nitrogen and oxygen atoms in total. The Balaban J connectivity index is 2.98. The van der Waals surface area contributed by atoms with Crippen LogP contribution in [0.3, 0.4) is 0 Å². The SMILES string of the molecule is CC(N)C(=O)NC(C(=O)NC(Cc1cnc[nH]1)C(=O)NC(CCCCN)C(=O)O)C(C)O. The van der Waals surface area contributed by atoms with E-state index in [0.717, 1.165) is 0 Å². The van der Waals surface area contributed by atoms with E-state index in [2.05, 4.69) is 25.9 Å². The molecule has 0 aromatic carbocycles. The fourth-order valence-electron chi connectivity index (χ4n) is 2.80. The molecule has 0 aliphatic heterocycles. The summed E-state index contributed by atoms with van der Waals surface area (Å²) in [5.74, 6) is -3.45. The number of carboxylic acid groups (broad SMARTS) is 1. The number of amides is 3. The van der Waals surface area contributed by atoms with Crippen molar-refractivity contribution < 1.29 is 29.4 Å². The van der Waals surface area contributed by atoms with Crippen LogP contribution in [0.25, 0.3) is 0 Å². The summed E-state index contributed by atoms with van der Waals surface area (Å²) in [7, 11) is 0. The Kier molecular flexibility index (Phi) is 11.3. The van der Waals surface area contributed by atoms with Gasteiger partial charge in [0, 0.05) is 18.3 Å². The highest BCUT2D eigenvalue weighted by Crippen LogP contribution is 2.05. The van der Waals surface area contributed by atoms with Crippen LogP contribution >= 0.6 is 0 Å². The Bertz CT molecular complexity index is 753. The maximum atomic E-state index is 12.9. The maximum Gasteiger partial charge on any atom is 0.326 e. The molecule has 0 bridgehead atoms. The summed E-state index contributed by atoms with van der Waals surface area (Å²) in [6, 6.07) is -4.66. The summed E-state index contributed by atoms with van der Waals surface area (Å²) in [6.45, 7) is 3.11. The molecule has 10 N–H and O–H groups in total. The number of unbranched alkanes of at least 4 members (excludes halogenated alkanes) is 1. The lowest BCUT2D eigenvalue weighted by molar-refractivity contribution is -0.142. The fourth-order valence-corrected chi connectivity index (χ4v) is 2.80. The number of aliphatic hydroxyl groups excluding tert-OH is 1. The molecular formula is C19H33N7O6. The second kappa shape index (κ2) is 13.4. The van der Waals surface area contributed by atoms with Crippen molar-refractivity contribution in [1.82, 2.24) is 25.9 Å². The molecule has 1 heterocycles. The zero-order valence-corrected chi connectivity index (χ0v) is 18.2. The Morgan fingerprint density at radius 2 is 1.72 bits per heavy atom. The van der Waals surface area contributed by atoms with E-state index in [9.17, 15) is 29.4 Å². The first-order chi connectivity index (χ1) is 15.1. The lowest BCUT2D eigenvalue weighted by atomic mass is 10.1. The summed E-state index contributed by atoms with van der Waals surface area (Å²) in [5.41, 5.74) is 11.4. The standard InChI is InChI=1S/C19H33N7O6/c1-10(21)16(28)26-15(11(2)27)18(30)25-14(7-12-8-22-9-23-12)17(29)24-13(19(31)32)5-3-4-6-20/h8-11,13-15,27H,3-7,20-21H2,1-2H3,(H,22,23)(H,24,29)(H,25,30)(H,26,28)(H,31,32). The molecule has 1 aromatic heterocycles. The van der Waals surface area contributed by atoms with E-state index in [0.29, 0.717) is 25.1 Å². The lowest BCUT2D eigenvalue weighted by Crippen LogP contribution is -2.60. The van der Waals surface area contributed by atoms with Gasteiger partial charge in [-0.3, -0.25) is 14.4 Å². The first kappa shape index (κ1) is 27.0. The van der Waals surface area contributed by atoms with Crippen LogP contribution in [0, 0.1) is 0 Å². The topological polar surface area (TPSA) is 226 Å². The van der Waals surface area contributed by atoms with Gasteiger partial charge in [-0.25, -0.2) is 9.78 Å². The van der Waals surface area contributed by atoms with Gasteiger partial charge in [-0.05, 0) is 39.7 Å². The quantitative estimate of drug-likeness (QED) is 0.137. The van der Waals surface area contributed by atoms with E-state index in [1.165, 1.54) is 26.4 Å². The van der Waals surface area contributed by atoms with Crippen molar-refractivity contribution in [2.45, 2.75) is 69.8 Å². The van der Waals surface area contributed by atoms with Gasteiger partial charge in [0.15, 0.2) is 0 Å². The van der Waals surface area contributed by atoms with Gasteiger partial charge in [0.1, 0.15) is 18.1 Å². The van der Waals surface area contributed by atoms with Gasteiger partial charge in [0.2, 0.25) is 17.7 Å². The Labute approximate surface area is 185 Å². The minimum absolute atomic E-state index is 0.0273.